The van der Waals surface area contributed by atoms with E-state index in [0.29, 0.717) is 11.6 Å². The highest BCUT2D eigenvalue weighted by Gasteiger charge is 2.18. The first kappa shape index (κ1) is 9.96. The quantitative estimate of drug-likeness (QED) is 0.772. The predicted molar refractivity (Wildman–Crippen MR) is 56.7 cm³/mol. The Bertz CT molecular complexity index is 407. The van der Waals surface area contributed by atoms with Crippen molar-refractivity contribution < 1.29 is 4.79 Å². The highest BCUT2D eigenvalue weighted by molar-refractivity contribution is 5.92. The van der Waals surface area contributed by atoms with Crippen molar-refractivity contribution in [2.45, 2.75) is 19.3 Å². The van der Waals surface area contributed by atoms with Crippen molar-refractivity contribution in [2.75, 3.05) is 6.54 Å². The van der Waals surface area contributed by atoms with Gasteiger partial charge in [0.15, 0.2) is 0 Å². The number of aromatic nitrogens is 1. The SMILES string of the molecule is O=C(NCC1CCC1)c1cccc(=O)[nH]1. The van der Waals surface area contributed by atoms with E-state index < -0.39 is 0 Å². The Kier molecular flexibility index (Phi) is 2.85. The summed E-state index contributed by atoms with van der Waals surface area (Å²) in [7, 11) is 0. The maximum absolute atomic E-state index is 11.6. The van der Waals surface area contributed by atoms with Crippen LogP contribution in [0.15, 0.2) is 23.0 Å². The number of carbonyl (C=O) groups is 1. The zero-order valence-electron chi connectivity index (χ0n) is 8.45. The Morgan fingerprint density at radius 1 is 1.47 bits per heavy atom. The van der Waals surface area contributed by atoms with Crippen LogP contribution in [0.1, 0.15) is 29.8 Å². The molecule has 0 aromatic carbocycles. The topological polar surface area (TPSA) is 62.0 Å². The second kappa shape index (κ2) is 4.29. The smallest absolute Gasteiger partial charge is 0.267 e. The molecule has 1 aromatic heterocycles. The van der Waals surface area contributed by atoms with E-state index in [1.54, 1.807) is 12.1 Å². The molecule has 1 aromatic rings. The normalized spacial score (nSPS) is 15.7. The van der Waals surface area contributed by atoms with Gasteiger partial charge in [0.1, 0.15) is 5.69 Å². The minimum atomic E-state index is -0.244. The van der Waals surface area contributed by atoms with Gasteiger partial charge >= 0.3 is 0 Å². The molecule has 2 N–H and O–H groups in total. The Morgan fingerprint density at radius 3 is 2.87 bits per heavy atom. The molecule has 1 fully saturated rings. The van der Waals surface area contributed by atoms with E-state index in [4.69, 9.17) is 0 Å². The molecule has 0 aliphatic heterocycles. The molecule has 0 bridgehead atoms. The number of carbonyl (C=O) groups excluding carboxylic acids is 1. The molecule has 1 heterocycles. The number of hydrogen-bond donors (Lipinski definition) is 2. The molecule has 0 radical (unpaired) electrons. The molecule has 1 amide bonds. The lowest BCUT2D eigenvalue weighted by Gasteiger charge is -2.25. The molecule has 4 heteroatoms. The number of pyridine rings is 1. The molecule has 0 unspecified atom stereocenters. The van der Waals surface area contributed by atoms with Crippen LogP contribution in [0.4, 0.5) is 0 Å². The van der Waals surface area contributed by atoms with Crippen molar-refractivity contribution in [1.29, 1.82) is 0 Å². The molecular formula is C11H14N2O2. The fraction of sp³-hybridized carbons (Fsp3) is 0.455. The summed E-state index contributed by atoms with van der Waals surface area (Å²) in [5, 5.41) is 2.82. The molecular weight excluding hydrogens is 192 g/mol. The summed E-state index contributed by atoms with van der Waals surface area (Å²) in [5.41, 5.74) is 0.0908. The zero-order valence-corrected chi connectivity index (χ0v) is 8.45. The van der Waals surface area contributed by atoms with Gasteiger partial charge in [-0.15, -0.1) is 0 Å². The van der Waals surface area contributed by atoms with Crippen molar-refractivity contribution in [2.24, 2.45) is 5.92 Å². The number of hydrogen-bond acceptors (Lipinski definition) is 2. The summed E-state index contributed by atoms with van der Waals surface area (Å²) in [6.45, 7) is 0.718. The van der Waals surface area contributed by atoms with Gasteiger partial charge in [-0.1, -0.05) is 12.5 Å². The van der Waals surface area contributed by atoms with Gasteiger partial charge in [0.2, 0.25) is 5.56 Å². The van der Waals surface area contributed by atoms with Gasteiger partial charge in [-0.2, -0.15) is 0 Å². The number of amides is 1. The summed E-state index contributed by atoms with van der Waals surface area (Å²) < 4.78 is 0. The summed E-state index contributed by atoms with van der Waals surface area (Å²) >= 11 is 0. The minimum Gasteiger partial charge on any atom is -0.350 e. The van der Waals surface area contributed by atoms with Crippen molar-refractivity contribution in [1.82, 2.24) is 10.3 Å². The Hall–Kier alpha value is -1.58. The number of rotatable bonds is 3. The Morgan fingerprint density at radius 2 is 2.27 bits per heavy atom. The maximum atomic E-state index is 11.6. The van der Waals surface area contributed by atoms with Gasteiger partial charge in [-0.05, 0) is 24.8 Å². The molecule has 80 valence electrons. The maximum Gasteiger partial charge on any atom is 0.267 e. The Balaban J connectivity index is 1.92. The first-order valence-electron chi connectivity index (χ1n) is 5.23. The van der Waals surface area contributed by atoms with Crippen LogP contribution < -0.4 is 10.9 Å². The molecule has 0 saturated heterocycles. The van der Waals surface area contributed by atoms with E-state index in [9.17, 15) is 9.59 Å². The Labute approximate surface area is 87.7 Å². The predicted octanol–water partition coefficient (Wildman–Crippen LogP) is 0.905. The van der Waals surface area contributed by atoms with Crippen molar-refractivity contribution in [3.05, 3.63) is 34.2 Å². The number of nitrogens with one attached hydrogen (secondary N) is 2. The molecule has 2 rings (SSSR count). The summed E-state index contributed by atoms with van der Waals surface area (Å²) in [5.74, 6) is 0.434. The fourth-order valence-corrected chi connectivity index (χ4v) is 1.61. The van der Waals surface area contributed by atoms with Crippen molar-refractivity contribution in [3.8, 4) is 0 Å². The lowest BCUT2D eigenvalue weighted by Crippen LogP contribution is -2.33. The monoisotopic (exact) mass is 206 g/mol. The number of H-pyrrole nitrogens is 1. The average molecular weight is 206 g/mol. The van der Waals surface area contributed by atoms with Crippen LogP contribution in [-0.4, -0.2) is 17.4 Å². The fourth-order valence-electron chi connectivity index (χ4n) is 1.61. The second-order valence-corrected chi connectivity index (χ2v) is 3.94. The van der Waals surface area contributed by atoms with Gasteiger partial charge in [0, 0.05) is 12.6 Å². The van der Waals surface area contributed by atoms with E-state index >= 15 is 0 Å². The van der Waals surface area contributed by atoms with Crippen LogP contribution in [0.2, 0.25) is 0 Å². The third-order valence-electron chi connectivity index (χ3n) is 2.79. The lowest BCUT2D eigenvalue weighted by molar-refractivity contribution is 0.0934. The van der Waals surface area contributed by atoms with Gasteiger partial charge < -0.3 is 10.3 Å². The first-order valence-corrected chi connectivity index (χ1v) is 5.23. The van der Waals surface area contributed by atoms with Gasteiger partial charge in [-0.25, -0.2) is 0 Å². The highest BCUT2D eigenvalue weighted by Crippen LogP contribution is 2.25. The van der Waals surface area contributed by atoms with Crippen LogP contribution >= 0.6 is 0 Å². The third kappa shape index (κ3) is 2.46. The van der Waals surface area contributed by atoms with Crippen LogP contribution in [0, 0.1) is 5.92 Å². The number of aromatic amines is 1. The van der Waals surface area contributed by atoms with E-state index in [-0.39, 0.29) is 11.5 Å². The van der Waals surface area contributed by atoms with Crippen LogP contribution in [-0.2, 0) is 0 Å². The standard InChI is InChI=1S/C11H14N2O2/c14-10-6-2-5-9(13-10)11(15)12-7-8-3-1-4-8/h2,5-6,8H,1,3-4,7H2,(H,12,15)(H,13,14). The molecule has 1 aliphatic rings. The van der Waals surface area contributed by atoms with E-state index in [2.05, 4.69) is 10.3 Å². The third-order valence-corrected chi connectivity index (χ3v) is 2.79. The molecule has 1 aliphatic carbocycles. The van der Waals surface area contributed by atoms with Crippen LogP contribution in [0.3, 0.4) is 0 Å². The largest absolute Gasteiger partial charge is 0.350 e. The van der Waals surface area contributed by atoms with Crippen LogP contribution in [0.5, 0.6) is 0 Å². The minimum absolute atomic E-state index is 0.195. The highest BCUT2D eigenvalue weighted by atomic mass is 16.2. The summed E-state index contributed by atoms with van der Waals surface area (Å²) in [4.78, 5) is 25.0. The van der Waals surface area contributed by atoms with Crippen molar-refractivity contribution >= 4 is 5.91 Å². The second-order valence-electron chi connectivity index (χ2n) is 3.94. The van der Waals surface area contributed by atoms with Gasteiger partial charge in [-0.3, -0.25) is 9.59 Å². The molecule has 4 nitrogen and oxygen atoms in total. The lowest BCUT2D eigenvalue weighted by atomic mass is 9.85. The molecule has 0 spiro atoms. The van der Waals surface area contributed by atoms with Gasteiger partial charge in [0.25, 0.3) is 5.91 Å². The summed E-state index contributed by atoms with van der Waals surface area (Å²) in [6.07, 6.45) is 3.67. The van der Waals surface area contributed by atoms with E-state index in [1.807, 2.05) is 0 Å². The first-order chi connectivity index (χ1) is 7.25. The zero-order chi connectivity index (χ0) is 10.7. The van der Waals surface area contributed by atoms with Crippen molar-refractivity contribution in [3.63, 3.8) is 0 Å². The molecule has 1 saturated carbocycles. The summed E-state index contributed by atoms with van der Waals surface area (Å²) in [6, 6.07) is 4.58. The average Bonchev–Trinajstić information content (AvgIpc) is 2.15. The van der Waals surface area contributed by atoms with E-state index in [0.717, 1.165) is 6.54 Å². The van der Waals surface area contributed by atoms with E-state index in [1.165, 1.54) is 25.3 Å². The van der Waals surface area contributed by atoms with Gasteiger partial charge in [0.05, 0.1) is 0 Å². The van der Waals surface area contributed by atoms with Crippen LogP contribution in [0.25, 0.3) is 0 Å². The molecule has 0 atom stereocenters. The molecule has 15 heavy (non-hydrogen) atoms.